The van der Waals surface area contributed by atoms with Crippen LogP contribution in [0.1, 0.15) is 12.5 Å². The highest BCUT2D eigenvalue weighted by Crippen LogP contribution is 2.33. The summed E-state index contributed by atoms with van der Waals surface area (Å²) in [7, 11) is -4.20. The third-order valence-corrected chi connectivity index (χ3v) is 6.78. The number of ether oxygens (including phenoxy) is 1. The molecule has 0 radical (unpaired) electrons. The van der Waals surface area contributed by atoms with Crippen molar-refractivity contribution in [2.45, 2.75) is 11.8 Å². The highest BCUT2D eigenvalue weighted by atomic mass is 35.5. The second kappa shape index (κ2) is 10.6. The smallest absolute Gasteiger partial charge is 0.339 e. The van der Waals surface area contributed by atoms with E-state index in [2.05, 4.69) is 5.32 Å². The van der Waals surface area contributed by atoms with E-state index in [1.54, 1.807) is 19.1 Å². The number of anilines is 1. The lowest BCUT2D eigenvalue weighted by Crippen LogP contribution is -2.54. The summed E-state index contributed by atoms with van der Waals surface area (Å²) in [5, 5.41) is 2.78. The molecule has 1 heterocycles. The van der Waals surface area contributed by atoms with Crippen molar-refractivity contribution in [2.24, 2.45) is 0 Å². The fourth-order valence-corrected chi connectivity index (χ4v) is 4.64. The largest absolute Gasteiger partial charge is 0.490 e. The van der Waals surface area contributed by atoms with Gasteiger partial charge >= 0.3 is 16.1 Å². The number of imide groups is 2. The Kier molecular flexibility index (Phi) is 7.53. The molecule has 0 spiro atoms. The molecule has 190 valence electrons. The van der Waals surface area contributed by atoms with Gasteiger partial charge in [0.15, 0.2) is 11.5 Å². The third kappa shape index (κ3) is 5.77. The summed E-state index contributed by atoms with van der Waals surface area (Å²) in [4.78, 5) is 38.6. The van der Waals surface area contributed by atoms with Gasteiger partial charge < -0.3 is 8.92 Å². The summed E-state index contributed by atoms with van der Waals surface area (Å²) in [5.41, 5.74) is 0.169. The van der Waals surface area contributed by atoms with E-state index < -0.39 is 28.0 Å². The molecule has 4 amide bonds. The number of amides is 4. The standard InChI is InChI=1S/C25H18Cl2N2O7S/c1-2-35-22-13-15(6-11-21(22)36-37(33,34)19-9-7-16(26)8-10-19)12-20-23(30)28-25(32)29(24(20)31)18-5-3-4-17(27)14-18/h3-14H,2H2,1H3,(H,28,30,32)/b20-12+. The number of carbonyl (C=O) groups excluding carboxylic acids is 3. The average molecular weight is 561 g/mol. The Hall–Kier alpha value is -3.86. The predicted molar refractivity (Wildman–Crippen MR) is 137 cm³/mol. The fraction of sp³-hybridized carbons (Fsp3) is 0.0800. The minimum atomic E-state index is -4.20. The van der Waals surface area contributed by atoms with Crippen LogP contribution in [0.25, 0.3) is 6.08 Å². The van der Waals surface area contributed by atoms with Gasteiger partial charge in [0, 0.05) is 10.0 Å². The van der Waals surface area contributed by atoms with Crippen molar-refractivity contribution in [1.82, 2.24) is 5.32 Å². The van der Waals surface area contributed by atoms with Crippen molar-refractivity contribution < 1.29 is 31.7 Å². The van der Waals surface area contributed by atoms with Crippen molar-refractivity contribution in [3.63, 3.8) is 0 Å². The van der Waals surface area contributed by atoms with Gasteiger partial charge in [-0.3, -0.25) is 14.9 Å². The summed E-state index contributed by atoms with van der Waals surface area (Å²) in [6.45, 7) is 1.86. The van der Waals surface area contributed by atoms with Gasteiger partial charge in [-0.15, -0.1) is 0 Å². The number of nitrogens with zero attached hydrogens (tertiary/aromatic N) is 1. The first-order valence-electron chi connectivity index (χ1n) is 10.7. The zero-order valence-corrected chi connectivity index (χ0v) is 21.4. The van der Waals surface area contributed by atoms with E-state index in [9.17, 15) is 22.8 Å². The van der Waals surface area contributed by atoms with Crippen molar-refractivity contribution in [1.29, 1.82) is 0 Å². The molecule has 3 aromatic rings. The van der Waals surface area contributed by atoms with Gasteiger partial charge in [0.1, 0.15) is 10.5 Å². The molecule has 1 N–H and O–H groups in total. The Morgan fingerprint density at radius 1 is 0.919 bits per heavy atom. The van der Waals surface area contributed by atoms with Crippen molar-refractivity contribution in [2.75, 3.05) is 11.5 Å². The van der Waals surface area contributed by atoms with Gasteiger partial charge in [-0.05, 0) is 73.2 Å². The SMILES string of the molecule is CCOc1cc(/C=C2\C(=O)NC(=O)N(c3cccc(Cl)c3)C2=O)ccc1OS(=O)(=O)c1ccc(Cl)cc1. The van der Waals surface area contributed by atoms with Gasteiger partial charge in [0.25, 0.3) is 11.8 Å². The molecule has 0 aromatic heterocycles. The molecule has 4 rings (SSSR count). The number of carbonyl (C=O) groups is 3. The number of barbiturate groups is 1. The third-order valence-electron chi connectivity index (χ3n) is 5.05. The van der Waals surface area contributed by atoms with Crippen LogP contribution in [0.3, 0.4) is 0 Å². The molecule has 0 atom stereocenters. The normalized spacial score (nSPS) is 15.1. The Morgan fingerprint density at radius 3 is 2.32 bits per heavy atom. The zero-order chi connectivity index (χ0) is 26.7. The molecule has 0 bridgehead atoms. The highest BCUT2D eigenvalue weighted by Gasteiger charge is 2.37. The Bertz CT molecular complexity index is 1540. The van der Waals surface area contributed by atoms with Crippen LogP contribution in [0.2, 0.25) is 10.0 Å². The summed E-state index contributed by atoms with van der Waals surface area (Å²) < 4.78 is 36.2. The Balaban J connectivity index is 1.67. The molecular weight excluding hydrogens is 543 g/mol. The maximum Gasteiger partial charge on any atom is 0.339 e. The van der Waals surface area contributed by atoms with Gasteiger partial charge in [0.2, 0.25) is 0 Å². The quantitative estimate of drug-likeness (QED) is 0.250. The zero-order valence-electron chi connectivity index (χ0n) is 19.1. The molecular formula is C25H18Cl2N2O7S. The number of halogens is 2. The van der Waals surface area contributed by atoms with E-state index in [4.69, 9.17) is 32.1 Å². The lowest BCUT2D eigenvalue weighted by atomic mass is 10.1. The summed E-state index contributed by atoms with van der Waals surface area (Å²) in [5.74, 6) is -1.80. The molecule has 0 aliphatic carbocycles. The van der Waals surface area contributed by atoms with Gasteiger partial charge in [-0.1, -0.05) is 35.3 Å². The molecule has 3 aromatic carbocycles. The summed E-state index contributed by atoms with van der Waals surface area (Å²) in [6, 6.07) is 14.7. The summed E-state index contributed by atoms with van der Waals surface area (Å²) in [6.07, 6.45) is 1.25. The van der Waals surface area contributed by atoms with E-state index in [0.717, 1.165) is 4.90 Å². The Labute approximate surface area is 222 Å². The van der Waals surface area contributed by atoms with E-state index in [-0.39, 0.29) is 34.3 Å². The molecule has 12 heteroatoms. The second-order valence-corrected chi connectivity index (χ2v) is 9.99. The van der Waals surface area contributed by atoms with E-state index in [0.29, 0.717) is 15.6 Å². The van der Waals surface area contributed by atoms with Crippen LogP contribution >= 0.6 is 23.2 Å². The van der Waals surface area contributed by atoms with Crippen LogP contribution in [0.5, 0.6) is 11.5 Å². The molecule has 0 saturated carbocycles. The first kappa shape index (κ1) is 26.2. The first-order valence-corrected chi connectivity index (χ1v) is 12.9. The van der Waals surface area contributed by atoms with Crippen LogP contribution in [0, 0.1) is 0 Å². The number of urea groups is 1. The van der Waals surface area contributed by atoms with Crippen molar-refractivity contribution in [3.8, 4) is 11.5 Å². The fourth-order valence-electron chi connectivity index (χ4n) is 3.39. The maximum absolute atomic E-state index is 13.1. The summed E-state index contributed by atoms with van der Waals surface area (Å²) >= 11 is 11.8. The molecule has 1 aliphatic rings. The topological polar surface area (TPSA) is 119 Å². The number of benzene rings is 3. The molecule has 9 nitrogen and oxygen atoms in total. The van der Waals surface area contributed by atoms with Gasteiger partial charge in [-0.25, -0.2) is 9.69 Å². The van der Waals surface area contributed by atoms with Crippen LogP contribution < -0.4 is 19.1 Å². The van der Waals surface area contributed by atoms with Gasteiger partial charge in [0.05, 0.1) is 12.3 Å². The first-order chi connectivity index (χ1) is 17.6. The maximum atomic E-state index is 13.1. The molecule has 1 saturated heterocycles. The number of nitrogens with one attached hydrogen (secondary N) is 1. The number of hydrogen-bond acceptors (Lipinski definition) is 7. The highest BCUT2D eigenvalue weighted by molar-refractivity contribution is 7.87. The minimum absolute atomic E-state index is 0.0563. The molecule has 37 heavy (non-hydrogen) atoms. The lowest BCUT2D eigenvalue weighted by Gasteiger charge is -2.26. The number of hydrogen-bond donors (Lipinski definition) is 1. The van der Waals surface area contributed by atoms with E-state index in [1.165, 1.54) is 60.7 Å². The van der Waals surface area contributed by atoms with E-state index in [1.807, 2.05) is 0 Å². The van der Waals surface area contributed by atoms with Crippen molar-refractivity contribution in [3.05, 3.63) is 87.9 Å². The van der Waals surface area contributed by atoms with Crippen LogP contribution in [-0.4, -0.2) is 32.9 Å². The van der Waals surface area contributed by atoms with Crippen LogP contribution in [0.4, 0.5) is 10.5 Å². The predicted octanol–water partition coefficient (Wildman–Crippen LogP) is 4.83. The molecule has 1 fully saturated rings. The molecule has 0 unspecified atom stereocenters. The van der Waals surface area contributed by atoms with Crippen LogP contribution in [-0.2, 0) is 19.7 Å². The average Bonchev–Trinajstić information content (AvgIpc) is 2.83. The van der Waals surface area contributed by atoms with Gasteiger partial charge in [-0.2, -0.15) is 8.42 Å². The lowest BCUT2D eigenvalue weighted by molar-refractivity contribution is -0.122. The van der Waals surface area contributed by atoms with Crippen LogP contribution in [0.15, 0.2) is 77.2 Å². The minimum Gasteiger partial charge on any atom is -0.490 e. The Morgan fingerprint density at radius 2 is 1.65 bits per heavy atom. The number of rotatable bonds is 7. The van der Waals surface area contributed by atoms with Crippen molar-refractivity contribution >= 4 is 62.9 Å². The monoisotopic (exact) mass is 560 g/mol. The van der Waals surface area contributed by atoms with E-state index >= 15 is 0 Å². The molecule has 1 aliphatic heterocycles. The second-order valence-electron chi connectivity index (χ2n) is 7.57.